The molecule has 1 aromatic carbocycles. The number of hydrogen-bond acceptors (Lipinski definition) is 5. The molecule has 0 aliphatic carbocycles. The number of amides is 1. The number of carbonyl (C=O) groups excluding carboxylic acids is 1. The molecule has 1 aliphatic heterocycles. The third kappa shape index (κ3) is 5.74. The number of benzene rings is 1. The summed E-state index contributed by atoms with van der Waals surface area (Å²) in [6, 6.07) is 4.82. The van der Waals surface area contributed by atoms with Gasteiger partial charge in [0.05, 0.1) is 24.7 Å². The van der Waals surface area contributed by atoms with Crippen molar-refractivity contribution in [2.45, 2.75) is 37.5 Å². The van der Waals surface area contributed by atoms with Gasteiger partial charge in [-0.05, 0) is 37.1 Å². The highest BCUT2D eigenvalue weighted by atomic mass is 35.5. The molecule has 4 N–H and O–H groups in total. The van der Waals surface area contributed by atoms with E-state index in [0.29, 0.717) is 13.2 Å². The minimum atomic E-state index is -3.73. The van der Waals surface area contributed by atoms with E-state index in [1.165, 1.54) is 6.07 Å². The molecule has 0 aromatic heterocycles. The van der Waals surface area contributed by atoms with Gasteiger partial charge in [0.2, 0.25) is 15.9 Å². The van der Waals surface area contributed by atoms with E-state index >= 15 is 0 Å². The van der Waals surface area contributed by atoms with Crippen LogP contribution in [0.15, 0.2) is 23.1 Å². The van der Waals surface area contributed by atoms with Crippen LogP contribution in [0.4, 0.5) is 0 Å². The Kier molecular flexibility index (Phi) is 6.55. The van der Waals surface area contributed by atoms with Crippen molar-refractivity contribution < 1.29 is 17.9 Å². The predicted octanol–water partition coefficient (Wildman–Crippen LogP) is 0.270. The van der Waals surface area contributed by atoms with Crippen molar-refractivity contribution in [2.24, 2.45) is 5.73 Å². The molecule has 1 heterocycles. The van der Waals surface area contributed by atoms with E-state index in [1.807, 2.05) is 0 Å². The zero-order valence-corrected chi connectivity index (χ0v) is 14.7. The summed E-state index contributed by atoms with van der Waals surface area (Å²) in [5.74, 6) is -0.424. The van der Waals surface area contributed by atoms with Gasteiger partial charge in [0.15, 0.2) is 0 Å². The van der Waals surface area contributed by atoms with E-state index in [4.69, 9.17) is 10.5 Å². The fraction of sp³-hybridized carbons (Fsp3) is 0.500. The molecule has 0 radical (unpaired) electrons. The fourth-order valence-electron chi connectivity index (χ4n) is 1.95. The largest absolute Gasteiger partial charge is 0.372 e. The van der Waals surface area contributed by atoms with Crippen LogP contribution in [0.3, 0.4) is 0 Å². The highest BCUT2D eigenvalue weighted by Crippen LogP contribution is 2.22. The predicted molar refractivity (Wildman–Crippen MR) is 88.6 cm³/mol. The lowest BCUT2D eigenvalue weighted by atomic mass is 10.1. The first-order chi connectivity index (χ1) is 10.2. The summed E-state index contributed by atoms with van der Waals surface area (Å²) in [7, 11) is -3.73. The number of nitrogens with two attached hydrogens (primary N) is 1. The lowest BCUT2D eigenvalue weighted by Gasteiger charge is -2.18. The van der Waals surface area contributed by atoms with Gasteiger partial charge in [0.25, 0.3) is 0 Å². The van der Waals surface area contributed by atoms with Gasteiger partial charge in [-0.25, -0.2) is 13.1 Å². The molecule has 0 bridgehead atoms. The summed E-state index contributed by atoms with van der Waals surface area (Å²) >= 11 is 0. The van der Waals surface area contributed by atoms with Crippen LogP contribution in [0, 0.1) is 0 Å². The first kappa shape index (κ1) is 19.9. The Bertz CT molecular complexity index is 671. The molecule has 1 aliphatic rings. The maximum Gasteiger partial charge on any atom is 0.241 e. The van der Waals surface area contributed by atoms with E-state index in [9.17, 15) is 13.2 Å². The minimum absolute atomic E-state index is 0. The Labute approximate surface area is 142 Å². The summed E-state index contributed by atoms with van der Waals surface area (Å²) in [6.07, 6.45) is 0. The minimum Gasteiger partial charge on any atom is -0.372 e. The van der Waals surface area contributed by atoms with Crippen molar-refractivity contribution >= 4 is 28.3 Å². The summed E-state index contributed by atoms with van der Waals surface area (Å²) in [6.45, 7) is 4.38. The van der Waals surface area contributed by atoms with Crippen LogP contribution >= 0.6 is 12.4 Å². The monoisotopic (exact) mass is 363 g/mol. The summed E-state index contributed by atoms with van der Waals surface area (Å²) in [4.78, 5) is 11.8. The second-order valence-corrected chi connectivity index (χ2v) is 7.78. The SMILES string of the molecule is CC(C)(N)CNC(=O)CNS(=O)(=O)c1ccc2c(c1)COC2.Cl. The fourth-order valence-corrected chi connectivity index (χ4v) is 2.98. The quantitative estimate of drug-likeness (QED) is 0.672. The zero-order valence-electron chi connectivity index (χ0n) is 13.1. The van der Waals surface area contributed by atoms with Crippen molar-refractivity contribution in [1.82, 2.24) is 10.0 Å². The van der Waals surface area contributed by atoms with Crippen LogP contribution < -0.4 is 15.8 Å². The van der Waals surface area contributed by atoms with Gasteiger partial charge < -0.3 is 15.8 Å². The molecular formula is C14H22ClN3O4S. The zero-order chi connectivity index (χ0) is 16.4. The molecular weight excluding hydrogens is 342 g/mol. The highest BCUT2D eigenvalue weighted by Gasteiger charge is 2.20. The third-order valence-corrected chi connectivity index (χ3v) is 4.57. The lowest BCUT2D eigenvalue weighted by Crippen LogP contribution is -2.47. The maximum absolute atomic E-state index is 12.2. The van der Waals surface area contributed by atoms with E-state index < -0.39 is 21.5 Å². The second-order valence-electron chi connectivity index (χ2n) is 6.01. The summed E-state index contributed by atoms with van der Waals surface area (Å²) < 4.78 is 31.9. The van der Waals surface area contributed by atoms with Gasteiger partial charge in [0.1, 0.15) is 0 Å². The van der Waals surface area contributed by atoms with Gasteiger partial charge >= 0.3 is 0 Å². The van der Waals surface area contributed by atoms with E-state index in [-0.39, 0.29) is 30.4 Å². The first-order valence-electron chi connectivity index (χ1n) is 6.92. The van der Waals surface area contributed by atoms with Gasteiger partial charge in [-0.3, -0.25) is 4.79 Å². The van der Waals surface area contributed by atoms with Gasteiger partial charge in [-0.15, -0.1) is 12.4 Å². The van der Waals surface area contributed by atoms with Crippen molar-refractivity contribution in [2.75, 3.05) is 13.1 Å². The number of ether oxygens (including phenoxy) is 1. The number of nitrogens with one attached hydrogen (secondary N) is 2. The van der Waals surface area contributed by atoms with Crippen LogP contribution in [-0.4, -0.2) is 33.0 Å². The van der Waals surface area contributed by atoms with Crippen molar-refractivity contribution in [1.29, 1.82) is 0 Å². The second kappa shape index (κ2) is 7.59. The molecule has 2 rings (SSSR count). The number of halogens is 1. The van der Waals surface area contributed by atoms with E-state index in [1.54, 1.807) is 26.0 Å². The molecule has 0 atom stereocenters. The first-order valence-corrected chi connectivity index (χ1v) is 8.40. The average molecular weight is 364 g/mol. The number of sulfonamides is 1. The van der Waals surface area contributed by atoms with E-state index in [0.717, 1.165) is 11.1 Å². The van der Waals surface area contributed by atoms with Crippen LogP contribution in [0.25, 0.3) is 0 Å². The summed E-state index contributed by atoms with van der Waals surface area (Å²) in [5, 5.41) is 2.58. The molecule has 0 saturated heterocycles. The molecule has 1 amide bonds. The lowest BCUT2D eigenvalue weighted by molar-refractivity contribution is -0.120. The molecule has 0 unspecified atom stereocenters. The molecule has 9 heteroatoms. The van der Waals surface area contributed by atoms with Crippen molar-refractivity contribution in [3.05, 3.63) is 29.3 Å². The number of carbonyl (C=O) groups is 1. The highest BCUT2D eigenvalue weighted by molar-refractivity contribution is 7.89. The van der Waals surface area contributed by atoms with Crippen molar-refractivity contribution in [3.63, 3.8) is 0 Å². The molecule has 0 saturated carbocycles. The van der Waals surface area contributed by atoms with Gasteiger partial charge in [-0.2, -0.15) is 0 Å². The Morgan fingerprint density at radius 1 is 1.30 bits per heavy atom. The average Bonchev–Trinajstić information content (AvgIpc) is 2.89. The van der Waals surface area contributed by atoms with Crippen LogP contribution in [0.2, 0.25) is 0 Å². The van der Waals surface area contributed by atoms with Crippen LogP contribution in [0.5, 0.6) is 0 Å². The maximum atomic E-state index is 12.2. The third-order valence-electron chi connectivity index (χ3n) is 3.17. The topological polar surface area (TPSA) is 111 Å². The molecule has 23 heavy (non-hydrogen) atoms. The Morgan fingerprint density at radius 3 is 2.61 bits per heavy atom. The number of hydrogen-bond donors (Lipinski definition) is 3. The van der Waals surface area contributed by atoms with Crippen LogP contribution in [-0.2, 0) is 32.8 Å². The number of rotatable bonds is 6. The standard InChI is InChI=1S/C14H21N3O4S.ClH/c1-14(2,15)9-16-13(18)6-17-22(19,20)12-4-3-10-7-21-8-11(10)5-12;/h3-5,17H,6-9,15H2,1-2H3,(H,16,18);1H. The van der Waals surface area contributed by atoms with Crippen molar-refractivity contribution in [3.8, 4) is 0 Å². The van der Waals surface area contributed by atoms with Crippen LogP contribution in [0.1, 0.15) is 25.0 Å². The molecule has 0 spiro atoms. The molecule has 1 aromatic rings. The molecule has 7 nitrogen and oxygen atoms in total. The van der Waals surface area contributed by atoms with Gasteiger partial charge in [-0.1, -0.05) is 6.07 Å². The smallest absolute Gasteiger partial charge is 0.241 e. The summed E-state index contributed by atoms with van der Waals surface area (Å²) in [5.41, 5.74) is 7.04. The Morgan fingerprint density at radius 2 is 1.96 bits per heavy atom. The van der Waals surface area contributed by atoms with E-state index in [2.05, 4.69) is 10.0 Å². The molecule has 130 valence electrons. The number of fused-ring (bicyclic) bond motifs is 1. The molecule has 0 fully saturated rings. The van der Waals surface area contributed by atoms with Gasteiger partial charge in [0, 0.05) is 12.1 Å². The Hall–Kier alpha value is -1.19. The normalized spacial score (nSPS) is 14.0. The Balaban J connectivity index is 0.00000264.